The monoisotopic (exact) mass is 237 g/mol. The van der Waals surface area contributed by atoms with Crippen molar-refractivity contribution in [3.05, 3.63) is 24.3 Å². The van der Waals surface area contributed by atoms with Crippen molar-refractivity contribution >= 4 is 12.2 Å². The van der Waals surface area contributed by atoms with E-state index in [4.69, 9.17) is 4.74 Å². The summed E-state index contributed by atoms with van der Waals surface area (Å²) >= 11 is 0. The first-order chi connectivity index (χ1) is 7.97. The Morgan fingerprint density at radius 3 is 2.94 bits per heavy atom. The maximum absolute atomic E-state index is 11.3. The number of hydrogen-bond acceptors (Lipinski definition) is 3. The van der Waals surface area contributed by atoms with Crippen LogP contribution < -0.4 is 5.32 Å². The predicted octanol–water partition coefficient (Wildman–Crippen LogP) is 2.34. The number of carbonyl (C=O) groups excluding carboxylic acids is 1. The number of H-pyrrole nitrogens is 1. The molecule has 1 rings (SSSR count). The highest BCUT2D eigenvalue weighted by Crippen LogP contribution is 2.06. The van der Waals surface area contributed by atoms with Crippen molar-refractivity contribution in [1.82, 2.24) is 15.3 Å². The molecule has 1 amide bonds. The first-order valence-electron chi connectivity index (χ1n) is 5.59. The summed E-state index contributed by atoms with van der Waals surface area (Å²) in [7, 11) is 0. The van der Waals surface area contributed by atoms with Gasteiger partial charge in [-0.05, 0) is 33.3 Å². The average molecular weight is 237 g/mol. The fourth-order valence-corrected chi connectivity index (χ4v) is 1.14. The third-order valence-corrected chi connectivity index (χ3v) is 1.80. The minimum atomic E-state index is -0.449. The number of nitrogens with one attached hydrogen (secondary N) is 2. The maximum Gasteiger partial charge on any atom is 0.407 e. The summed E-state index contributed by atoms with van der Waals surface area (Å²) in [6.45, 7) is 6.07. The number of carbonyl (C=O) groups is 1. The van der Waals surface area contributed by atoms with Crippen molar-refractivity contribution in [2.24, 2.45) is 0 Å². The Bertz CT molecular complexity index is 364. The molecule has 2 N–H and O–H groups in total. The summed E-state index contributed by atoms with van der Waals surface area (Å²) < 4.78 is 5.10. The number of aromatic nitrogens is 2. The molecule has 0 aromatic carbocycles. The largest absolute Gasteiger partial charge is 0.444 e. The zero-order valence-corrected chi connectivity index (χ0v) is 10.5. The lowest BCUT2D eigenvalue weighted by Crippen LogP contribution is -2.32. The van der Waals surface area contributed by atoms with Gasteiger partial charge in [0.05, 0.1) is 18.2 Å². The number of nitrogens with zero attached hydrogens (tertiary/aromatic N) is 1. The van der Waals surface area contributed by atoms with Crippen LogP contribution in [0.3, 0.4) is 0 Å². The SMILES string of the molecule is CC(C)(C)OC(=O)NCCC=Cc1cnc[nH]1. The second-order valence-electron chi connectivity index (χ2n) is 4.63. The molecule has 0 aliphatic heterocycles. The second-order valence-corrected chi connectivity index (χ2v) is 4.63. The molecule has 0 saturated carbocycles. The van der Waals surface area contributed by atoms with Gasteiger partial charge in [-0.25, -0.2) is 9.78 Å². The van der Waals surface area contributed by atoms with Gasteiger partial charge in [0.1, 0.15) is 5.60 Å². The van der Waals surface area contributed by atoms with E-state index in [2.05, 4.69) is 15.3 Å². The lowest BCUT2D eigenvalue weighted by molar-refractivity contribution is 0.0529. The van der Waals surface area contributed by atoms with Gasteiger partial charge in [-0.3, -0.25) is 0 Å². The zero-order valence-electron chi connectivity index (χ0n) is 10.5. The lowest BCUT2D eigenvalue weighted by Gasteiger charge is -2.19. The minimum absolute atomic E-state index is 0.382. The van der Waals surface area contributed by atoms with E-state index in [1.165, 1.54) is 0 Å². The van der Waals surface area contributed by atoms with Gasteiger partial charge >= 0.3 is 6.09 Å². The van der Waals surface area contributed by atoms with E-state index in [0.717, 1.165) is 12.1 Å². The molecule has 0 saturated heterocycles. The fraction of sp³-hybridized carbons (Fsp3) is 0.500. The maximum atomic E-state index is 11.3. The molecular weight excluding hydrogens is 218 g/mol. The van der Waals surface area contributed by atoms with Crippen molar-refractivity contribution < 1.29 is 9.53 Å². The van der Waals surface area contributed by atoms with Crippen molar-refractivity contribution in [3.8, 4) is 0 Å². The average Bonchev–Trinajstić information content (AvgIpc) is 2.67. The molecule has 0 spiro atoms. The van der Waals surface area contributed by atoms with Gasteiger partial charge in [-0.2, -0.15) is 0 Å². The molecule has 0 radical (unpaired) electrons. The lowest BCUT2D eigenvalue weighted by atomic mass is 10.2. The Labute approximate surface area is 101 Å². The number of ether oxygens (including phenoxy) is 1. The summed E-state index contributed by atoms with van der Waals surface area (Å²) in [5.41, 5.74) is 0.498. The molecule has 17 heavy (non-hydrogen) atoms. The summed E-state index contributed by atoms with van der Waals surface area (Å²) in [5.74, 6) is 0. The van der Waals surface area contributed by atoms with Crippen molar-refractivity contribution in [1.29, 1.82) is 0 Å². The fourth-order valence-electron chi connectivity index (χ4n) is 1.14. The predicted molar refractivity (Wildman–Crippen MR) is 66.5 cm³/mol. The van der Waals surface area contributed by atoms with Crippen LogP contribution in [0.25, 0.3) is 6.08 Å². The van der Waals surface area contributed by atoms with E-state index in [1.807, 2.05) is 32.9 Å². The molecule has 0 fully saturated rings. The van der Waals surface area contributed by atoms with E-state index in [-0.39, 0.29) is 6.09 Å². The van der Waals surface area contributed by atoms with Crippen LogP contribution in [0, 0.1) is 0 Å². The minimum Gasteiger partial charge on any atom is -0.444 e. The van der Waals surface area contributed by atoms with Crippen molar-refractivity contribution in [2.75, 3.05) is 6.54 Å². The van der Waals surface area contributed by atoms with Gasteiger partial charge in [0, 0.05) is 6.54 Å². The number of rotatable bonds is 4. The first kappa shape index (κ1) is 13.3. The van der Waals surface area contributed by atoms with Crippen LogP contribution in [0.15, 0.2) is 18.6 Å². The Hall–Kier alpha value is -1.78. The Kier molecular flexibility index (Phi) is 4.75. The topological polar surface area (TPSA) is 67.0 Å². The smallest absolute Gasteiger partial charge is 0.407 e. The van der Waals surface area contributed by atoms with E-state index in [0.29, 0.717) is 6.54 Å². The molecule has 1 aromatic heterocycles. The summed E-state index contributed by atoms with van der Waals surface area (Å²) in [4.78, 5) is 18.1. The van der Waals surface area contributed by atoms with E-state index in [9.17, 15) is 4.79 Å². The first-order valence-corrected chi connectivity index (χ1v) is 5.59. The van der Waals surface area contributed by atoms with Crippen LogP contribution in [-0.2, 0) is 4.74 Å². The van der Waals surface area contributed by atoms with Crippen LogP contribution in [0.5, 0.6) is 0 Å². The van der Waals surface area contributed by atoms with E-state index >= 15 is 0 Å². The van der Waals surface area contributed by atoms with Crippen molar-refractivity contribution in [2.45, 2.75) is 32.8 Å². The van der Waals surface area contributed by atoms with Crippen LogP contribution >= 0.6 is 0 Å². The molecule has 5 nitrogen and oxygen atoms in total. The molecule has 0 aliphatic carbocycles. The quantitative estimate of drug-likeness (QED) is 0.790. The Morgan fingerprint density at radius 2 is 2.35 bits per heavy atom. The molecule has 0 aliphatic rings. The van der Waals surface area contributed by atoms with E-state index in [1.54, 1.807) is 12.5 Å². The molecule has 0 atom stereocenters. The molecular formula is C12H19N3O2. The van der Waals surface area contributed by atoms with Gasteiger partial charge in [0.25, 0.3) is 0 Å². The third kappa shape index (κ3) is 6.40. The van der Waals surface area contributed by atoms with E-state index < -0.39 is 5.60 Å². The summed E-state index contributed by atoms with van der Waals surface area (Å²) in [6.07, 6.45) is 7.61. The number of aromatic amines is 1. The molecule has 94 valence electrons. The number of amides is 1. The summed E-state index contributed by atoms with van der Waals surface area (Å²) in [6, 6.07) is 0. The molecule has 1 aromatic rings. The number of imidazole rings is 1. The molecule has 0 unspecified atom stereocenters. The van der Waals surface area contributed by atoms with Gasteiger partial charge < -0.3 is 15.0 Å². The van der Waals surface area contributed by atoms with Gasteiger partial charge in [-0.1, -0.05) is 6.08 Å². The third-order valence-electron chi connectivity index (χ3n) is 1.80. The molecule has 0 bridgehead atoms. The van der Waals surface area contributed by atoms with Crippen LogP contribution in [-0.4, -0.2) is 28.2 Å². The Morgan fingerprint density at radius 1 is 1.59 bits per heavy atom. The highest BCUT2D eigenvalue weighted by Gasteiger charge is 2.14. The highest BCUT2D eigenvalue weighted by molar-refractivity contribution is 5.67. The summed E-state index contributed by atoms with van der Waals surface area (Å²) in [5, 5.41) is 2.68. The van der Waals surface area contributed by atoms with Crippen LogP contribution in [0.1, 0.15) is 32.9 Å². The number of alkyl carbamates (subject to hydrolysis) is 1. The highest BCUT2D eigenvalue weighted by atomic mass is 16.6. The normalized spacial score (nSPS) is 11.7. The van der Waals surface area contributed by atoms with Crippen molar-refractivity contribution in [3.63, 3.8) is 0 Å². The number of hydrogen-bond donors (Lipinski definition) is 2. The second kappa shape index (κ2) is 6.08. The Balaban J connectivity index is 2.14. The standard InChI is InChI=1S/C12H19N3O2/c1-12(2,3)17-11(16)14-7-5-4-6-10-8-13-9-15-10/h4,6,8-9H,5,7H2,1-3H3,(H,13,15)(H,14,16). The molecule has 5 heteroatoms. The van der Waals surface area contributed by atoms with Crippen LogP contribution in [0.2, 0.25) is 0 Å². The van der Waals surface area contributed by atoms with Gasteiger partial charge in [-0.15, -0.1) is 0 Å². The zero-order chi connectivity index (χ0) is 12.7. The van der Waals surface area contributed by atoms with Crippen LogP contribution in [0.4, 0.5) is 4.79 Å². The van der Waals surface area contributed by atoms with Gasteiger partial charge in [0.15, 0.2) is 0 Å². The molecule has 1 heterocycles. The van der Waals surface area contributed by atoms with Gasteiger partial charge in [0.2, 0.25) is 0 Å².